The van der Waals surface area contributed by atoms with Gasteiger partial charge in [-0.05, 0) is 43.3 Å². The van der Waals surface area contributed by atoms with Crippen molar-refractivity contribution < 1.29 is 0 Å². The lowest BCUT2D eigenvalue weighted by molar-refractivity contribution is 0.153. The molecule has 2 unspecified atom stereocenters. The number of rotatable bonds is 6. The van der Waals surface area contributed by atoms with Gasteiger partial charge in [-0.25, -0.2) is 0 Å². The molecule has 2 heterocycles. The predicted molar refractivity (Wildman–Crippen MR) is 80.2 cm³/mol. The first-order valence-electron chi connectivity index (χ1n) is 7.23. The Morgan fingerprint density at radius 2 is 2.33 bits per heavy atom. The van der Waals surface area contributed by atoms with E-state index in [-0.39, 0.29) is 0 Å². The summed E-state index contributed by atoms with van der Waals surface area (Å²) in [5, 5.41) is 5.82. The summed E-state index contributed by atoms with van der Waals surface area (Å²) >= 11 is 1.90. The van der Waals surface area contributed by atoms with Crippen molar-refractivity contribution in [1.82, 2.24) is 10.2 Å². The molecule has 2 rings (SSSR count). The third kappa shape index (κ3) is 3.34. The molecule has 3 heteroatoms. The Kier molecular flexibility index (Phi) is 5.22. The molecular weight excluding hydrogens is 240 g/mol. The van der Waals surface area contributed by atoms with Crippen molar-refractivity contribution in [2.45, 2.75) is 45.7 Å². The van der Waals surface area contributed by atoms with Crippen LogP contribution in [-0.2, 0) is 0 Å². The number of thiophene rings is 1. The van der Waals surface area contributed by atoms with Gasteiger partial charge in [0.15, 0.2) is 0 Å². The monoisotopic (exact) mass is 266 g/mol. The molecule has 1 N–H and O–H groups in total. The number of hydrogen-bond acceptors (Lipinski definition) is 3. The van der Waals surface area contributed by atoms with Crippen LogP contribution >= 0.6 is 11.3 Å². The minimum Gasteiger partial charge on any atom is -0.313 e. The highest BCUT2D eigenvalue weighted by molar-refractivity contribution is 7.10. The molecule has 1 aliphatic rings. The van der Waals surface area contributed by atoms with Crippen molar-refractivity contribution in [3.63, 3.8) is 0 Å². The first kappa shape index (κ1) is 14.0. The van der Waals surface area contributed by atoms with Crippen LogP contribution < -0.4 is 5.32 Å². The topological polar surface area (TPSA) is 15.3 Å². The molecule has 0 bridgehead atoms. The molecule has 1 aromatic heterocycles. The fraction of sp³-hybridized carbons (Fsp3) is 0.733. The molecule has 18 heavy (non-hydrogen) atoms. The van der Waals surface area contributed by atoms with Crippen LogP contribution in [0.3, 0.4) is 0 Å². The Labute approximate surface area is 115 Å². The average molecular weight is 266 g/mol. The maximum atomic E-state index is 3.62. The Morgan fingerprint density at radius 3 is 2.83 bits per heavy atom. The average Bonchev–Trinajstić information content (AvgIpc) is 3.00. The summed E-state index contributed by atoms with van der Waals surface area (Å²) < 4.78 is 0. The molecule has 0 aliphatic carbocycles. The molecule has 0 amide bonds. The van der Waals surface area contributed by atoms with Gasteiger partial charge in [0.2, 0.25) is 0 Å². The third-order valence-corrected chi connectivity index (χ3v) is 4.83. The van der Waals surface area contributed by atoms with Crippen molar-refractivity contribution in [3.8, 4) is 0 Å². The predicted octanol–water partition coefficient (Wildman–Crippen LogP) is 3.52. The van der Waals surface area contributed by atoms with Gasteiger partial charge in [0.25, 0.3) is 0 Å². The van der Waals surface area contributed by atoms with E-state index in [0.717, 1.165) is 6.54 Å². The lowest BCUT2D eigenvalue weighted by atomic mass is 10.00. The van der Waals surface area contributed by atoms with Crippen LogP contribution in [0.4, 0.5) is 0 Å². The van der Waals surface area contributed by atoms with Crippen molar-refractivity contribution in [1.29, 1.82) is 0 Å². The minimum absolute atomic E-state index is 0.581. The van der Waals surface area contributed by atoms with Gasteiger partial charge in [0.1, 0.15) is 0 Å². The van der Waals surface area contributed by atoms with Crippen molar-refractivity contribution in [3.05, 3.63) is 22.4 Å². The fourth-order valence-electron chi connectivity index (χ4n) is 3.02. The Balaban J connectivity index is 2.06. The highest BCUT2D eigenvalue weighted by Gasteiger charge is 2.26. The second-order valence-electron chi connectivity index (χ2n) is 5.59. The summed E-state index contributed by atoms with van der Waals surface area (Å²) in [6.45, 7) is 10.5. The molecule has 0 saturated carbocycles. The number of nitrogens with zero attached hydrogens (tertiary/aromatic N) is 1. The van der Waals surface area contributed by atoms with Crippen LogP contribution in [0.15, 0.2) is 17.5 Å². The second kappa shape index (κ2) is 6.69. The van der Waals surface area contributed by atoms with Gasteiger partial charge >= 0.3 is 0 Å². The molecule has 1 aromatic rings. The zero-order valence-corrected chi connectivity index (χ0v) is 12.7. The van der Waals surface area contributed by atoms with Gasteiger partial charge in [-0.2, -0.15) is 0 Å². The molecule has 1 aliphatic heterocycles. The summed E-state index contributed by atoms with van der Waals surface area (Å²) in [6.07, 6.45) is 2.68. The third-order valence-electron chi connectivity index (χ3n) is 3.88. The van der Waals surface area contributed by atoms with Gasteiger partial charge < -0.3 is 5.32 Å². The van der Waals surface area contributed by atoms with E-state index in [9.17, 15) is 0 Å². The van der Waals surface area contributed by atoms with Crippen LogP contribution in [0.25, 0.3) is 0 Å². The highest BCUT2D eigenvalue weighted by atomic mass is 32.1. The zero-order chi connectivity index (χ0) is 13.0. The summed E-state index contributed by atoms with van der Waals surface area (Å²) in [4.78, 5) is 4.17. The summed E-state index contributed by atoms with van der Waals surface area (Å²) in [7, 11) is 0. The molecule has 102 valence electrons. The Morgan fingerprint density at radius 1 is 1.50 bits per heavy atom. The van der Waals surface area contributed by atoms with E-state index in [0.29, 0.717) is 18.0 Å². The van der Waals surface area contributed by atoms with E-state index in [4.69, 9.17) is 0 Å². The first-order chi connectivity index (χ1) is 8.72. The van der Waals surface area contributed by atoms with E-state index in [1.807, 2.05) is 11.3 Å². The lowest BCUT2D eigenvalue weighted by Gasteiger charge is -2.34. The molecule has 0 aromatic carbocycles. The Hall–Kier alpha value is -0.380. The Bertz CT molecular complexity index is 328. The quantitative estimate of drug-likeness (QED) is 0.847. The fourth-order valence-corrected chi connectivity index (χ4v) is 4.06. The number of likely N-dealkylation sites (N-methyl/N-ethyl adjacent to an activating group) is 1. The summed E-state index contributed by atoms with van der Waals surface area (Å²) in [5.41, 5.74) is 0. The van der Waals surface area contributed by atoms with Crippen molar-refractivity contribution in [2.24, 2.45) is 5.92 Å². The van der Waals surface area contributed by atoms with Crippen LogP contribution in [0.1, 0.15) is 44.5 Å². The molecule has 2 nitrogen and oxygen atoms in total. The van der Waals surface area contributed by atoms with Crippen LogP contribution in [0.2, 0.25) is 0 Å². The maximum absolute atomic E-state index is 3.62. The normalized spacial score (nSPS) is 21.9. The second-order valence-corrected chi connectivity index (χ2v) is 6.56. The highest BCUT2D eigenvalue weighted by Crippen LogP contribution is 2.32. The smallest absolute Gasteiger partial charge is 0.0464 e. The van der Waals surface area contributed by atoms with Crippen LogP contribution in [0, 0.1) is 5.92 Å². The van der Waals surface area contributed by atoms with Gasteiger partial charge in [0.05, 0.1) is 0 Å². The van der Waals surface area contributed by atoms with Crippen molar-refractivity contribution >= 4 is 11.3 Å². The van der Waals surface area contributed by atoms with Crippen LogP contribution in [-0.4, -0.2) is 30.6 Å². The van der Waals surface area contributed by atoms with Gasteiger partial charge in [-0.3, -0.25) is 4.90 Å². The minimum atomic E-state index is 0.581. The summed E-state index contributed by atoms with van der Waals surface area (Å²) in [6, 6.07) is 5.75. The standard InChI is InChI=1S/C15H26N2S/c1-4-17(11-13-7-5-9-16-13)15(12(2)3)14-8-6-10-18-14/h6,8,10,12-13,15-16H,4-5,7,9,11H2,1-3H3. The summed E-state index contributed by atoms with van der Waals surface area (Å²) in [5.74, 6) is 0.671. The first-order valence-corrected chi connectivity index (χ1v) is 8.11. The lowest BCUT2D eigenvalue weighted by Crippen LogP contribution is -2.41. The van der Waals surface area contributed by atoms with E-state index in [2.05, 4.69) is 48.5 Å². The molecule has 0 radical (unpaired) electrons. The van der Waals surface area contributed by atoms with E-state index in [1.54, 1.807) is 0 Å². The van der Waals surface area contributed by atoms with Gasteiger partial charge in [0, 0.05) is 23.5 Å². The van der Waals surface area contributed by atoms with E-state index >= 15 is 0 Å². The zero-order valence-electron chi connectivity index (χ0n) is 11.9. The van der Waals surface area contributed by atoms with Crippen molar-refractivity contribution in [2.75, 3.05) is 19.6 Å². The van der Waals surface area contributed by atoms with Gasteiger partial charge in [-0.1, -0.05) is 26.8 Å². The molecular formula is C15H26N2S. The van der Waals surface area contributed by atoms with E-state index < -0.39 is 0 Å². The molecule has 0 spiro atoms. The largest absolute Gasteiger partial charge is 0.313 e. The number of hydrogen-bond donors (Lipinski definition) is 1. The molecule has 1 saturated heterocycles. The van der Waals surface area contributed by atoms with Crippen LogP contribution in [0.5, 0.6) is 0 Å². The molecule has 2 atom stereocenters. The van der Waals surface area contributed by atoms with E-state index in [1.165, 1.54) is 30.8 Å². The SMILES string of the molecule is CCN(CC1CCCN1)C(c1cccs1)C(C)C. The number of nitrogens with one attached hydrogen (secondary N) is 1. The van der Waals surface area contributed by atoms with Gasteiger partial charge in [-0.15, -0.1) is 11.3 Å². The maximum Gasteiger partial charge on any atom is 0.0464 e. The molecule has 1 fully saturated rings.